The minimum atomic E-state index is -0.252. The average Bonchev–Trinajstić information content (AvgIpc) is 3.19. The van der Waals surface area contributed by atoms with Gasteiger partial charge >= 0.3 is 6.03 Å². The fraction of sp³-hybridized carbons (Fsp3) is 0.357. The molecule has 21 heavy (non-hydrogen) atoms. The zero-order chi connectivity index (χ0) is 14.5. The van der Waals surface area contributed by atoms with Crippen LogP contribution in [0.15, 0.2) is 30.6 Å². The average molecular weight is 286 g/mol. The maximum atomic E-state index is 12.0. The van der Waals surface area contributed by atoms with Crippen molar-refractivity contribution in [1.82, 2.24) is 20.5 Å². The van der Waals surface area contributed by atoms with Crippen LogP contribution in [0.5, 0.6) is 0 Å². The number of nitrogens with zero attached hydrogens (tertiary/aromatic N) is 3. The summed E-state index contributed by atoms with van der Waals surface area (Å²) in [5.41, 5.74) is 1.60. The number of amides is 2. The summed E-state index contributed by atoms with van der Waals surface area (Å²) in [5, 5.41) is 12.3. The number of rotatable bonds is 4. The van der Waals surface area contributed by atoms with Crippen molar-refractivity contribution in [2.24, 2.45) is 0 Å². The lowest BCUT2D eigenvalue weighted by Gasteiger charge is -2.20. The zero-order valence-corrected chi connectivity index (χ0v) is 11.7. The van der Waals surface area contributed by atoms with Crippen molar-refractivity contribution in [2.45, 2.75) is 19.4 Å². The number of pyridine rings is 1. The van der Waals surface area contributed by atoms with Crippen LogP contribution in [0.25, 0.3) is 0 Å². The molecule has 0 radical (unpaired) electrons. The van der Waals surface area contributed by atoms with Gasteiger partial charge in [0, 0.05) is 25.5 Å². The summed E-state index contributed by atoms with van der Waals surface area (Å²) in [4.78, 5) is 18.6. The van der Waals surface area contributed by atoms with E-state index in [9.17, 15) is 4.79 Å². The third kappa shape index (κ3) is 3.31. The molecular formula is C14H18N6O. The number of carbonyl (C=O) groups excluding carboxylic acids is 1. The number of anilines is 2. The van der Waals surface area contributed by atoms with E-state index in [4.69, 9.17) is 0 Å². The van der Waals surface area contributed by atoms with Crippen LogP contribution in [-0.4, -0.2) is 34.3 Å². The number of hydrogen-bond donors (Lipinski definition) is 3. The number of aromatic amines is 1. The van der Waals surface area contributed by atoms with Crippen LogP contribution in [0.1, 0.15) is 18.5 Å². The largest absolute Gasteiger partial charge is 0.355 e. The van der Waals surface area contributed by atoms with Gasteiger partial charge in [-0.1, -0.05) is 0 Å². The van der Waals surface area contributed by atoms with E-state index < -0.39 is 0 Å². The lowest BCUT2D eigenvalue weighted by atomic mass is 10.3. The number of nitrogens with one attached hydrogen (secondary N) is 3. The lowest BCUT2D eigenvalue weighted by molar-refractivity contribution is 0.251. The fourth-order valence-electron chi connectivity index (χ4n) is 2.40. The molecule has 0 atom stereocenters. The third-order valence-electron chi connectivity index (χ3n) is 3.44. The van der Waals surface area contributed by atoms with Gasteiger partial charge in [-0.05, 0) is 31.0 Å². The summed E-state index contributed by atoms with van der Waals surface area (Å²) in [6.07, 6.45) is 5.74. The quantitative estimate of drug-likeness (QED) is 0.799. The van der Waals surface area contributed by atoms with Gasteiger partial charge in [0.2, 0.25) is 0 Å². The van der Waals surface area contributed by atoms with Crippen LogP contribution < -0.4 is 15.5 Å². The van der Waals surface area contributed by atoms with Gasteiger partial charge in [-0.15, -0.1) is 0 Å². The van der Waals surface area contributed by atoms with Gasteiger partial charge < -0.3 is 15.5 Å². The molecule has 1 fully saturated rings. The third-order valence-corrected chi connectivity index (χ3v) is 3.44. The predicted molar refractivity (Wildman–Crippen MR) is 80.1 cm³/mol. The number of H-pyrrole nitrogens is 1. The Kier molecular flexibility index (Phi) is 3.99. The van der Waals surface area contributed by atoms with Crippen LogP contribution in [0.3, 0.4) is 0 Å². The maximum Gasteiger partial charge on any atom is 0.319 e. The summed E-state index contributed by atoms with van der Waals surface area (Å²) in [6, 6.07) is 5.26. The van der Waals surface area contributed by atoms with Crippen LogP contribution in [-0.2, 0) is 6.54 Å². The van der Waals surface area contributed by atoms with E-state index in [0.29, 0.717) is 6.54 Å². The minimum absolute atomic E-state index is 0.252. The minimum Gasteiger partial charge on any atom is -0.355 e. The van der Waals surface area contributed by atoms with Crippen molar-refractivity contribution in [3.63, 3.8) is 0 Å². The first-order valence-corrected chi connectivity index (χ1v) is 7.06. The first kappa shape index (κ1) is 13.4. The highest BCUT2D eigenvalue weighted by Crippen LogP contribution is 2.25. The van der Waals surface area contributed by atoms with Gasteiger partial charge in [0.25, 0.3) is 0 Å². The van der Waals surface area contributed by atoms with E-state index in [1.807, 2.05) is 18.2 Å². The van der Waals surface area contributed by atoms with E-state index in [2.05, 4.69) is 30.7 Å². The molecule has 0 unspecified atom stereocenters. The standard InChI is InChI=1S/C14H18N6O/c21-14(16-10-11-5-7-17-19-11)18-12-4-3-6-15-13(12)20-8-1-2-9-20/h3-7H,1-2,8-10H2,(H,17,19)(H2,16,18,21). The molecule has 7 heteroatoms. The smallest absolute Gasteiger partial charge is 0.319 e. The van der Waals surface area contributed by atoms with Gasteiger partial charge in [-0.2, -0.15) is 5.10 Å². The Balaban J connectivity index is 1.62. The normalized spacial score (nSPS) is 14.2. The Morgan fingerprint density at radius 3 is 2.90 bits per heavy atom. The Hall–Kier alpha value is -2.57. The van der Waals surface area contributed by atoms with E-state index >= 15 is 0 Å². The molecule has 2 amide bonds. The van der Waals surface area contributed by atoms with Gasteiger partial charge in [-0.25, -0.2) is 9.78 Å². The first-order valence-electron chi connectivity index (χ1n) is 7.06. The second-order valence-corrected chi connectivity index (χ2v) is 4.96. The predicted octanol–water partition coefficient (Wildman–Crippen LogP) is 1.73. The van der Waals surface area contributed by atoms with E-state index in [1.54, 1.807) is 12.4 Å². The summed E-state index contributed by atoms with van der Waals surface area (Å²) in [7, 11) is 0. The molecule has 3 rings (SSSR count). The highest BCUT2D eigenvalue weighted by atomic mass is 16.2. The number of aromatic nitrogens is 3. The van der Waals surface area contributed by atoms with Crippen LogP contribution in [0.2, 0.25) is 0 Å². The molecule has 1 aliphatic heterocycles. The van der Waals surface area contributed by atoms with E-state index in [0.717, 1.165) is 30.3 Å². The van der Waals surface area contributed by atoms with Crippen molar-refractivity contribution < 1.29 is 4.79 Å². The molecule has 2 aromatic heterocycles. The van der Waals surface area contributed by atoms with Crippen molar-refractivity contribution >= 4 is 17.5 Å². The molecule has 7 nitrogen and oxygen atoms in total. The molecule has 0 aliphatic carbocycles. The molecule has 0 spiro atoms. The van der Waals surface area contributed by atoms with E-state index in [1.165, 1.54) is 12.8 Å². The molecule has 0 aromatic carbocycles. The van der Waals surface area contributed by atoms with E-state index in [-0.39, 0.29) is 6.03 Å². The van der Waals surface area contributed by atoms with Crippen molar-refractivity contribution in [2.75, 3.05) is 23.3 Å². The lowest BCUT2D eigenvalue weighted by Crippen LogP contribution is -2.30. The topological polar surface area (TPSA) is 85.9 Å². The zero-order valence-electron chi connectivity index (χ0n) is 11.7. The molecule has 1 aliphatic rings. The van der Waals surface area contributed by atoms with Crippen LogP contribution in [0, 0.1) is 0 Å². The highest BCUT2D eigenvalue weighted by molar-refractivity contribution is 5.92. The molecule has 3 N–H and O–H groups in total. The SMILES string of the molecule is O=C(NCc1ccn[nH]1)Nc1cccnc1N1CCCC1. The van der Waals surface area contributed by atoms with Gasteiger partial charge in [-0.3, -0.25) is 5.10 Å². The van der Waals surface area contributed by atoms with Crippen LogP contribution >= 0.6 is 0 Å². The van der Waals surface area contributed by atoms with Crippen molar-refractivity contribution in [3.05, 3.63) is 36.3 Å². The van der Waals surface area contributed by atoms with Crippen LogP contribution in [0.4, 0.5) is 16.3 Å². The molecule has 3 heterocycles. The second-order valence-electron chi connectivity index (χ2n) is 4.96. The summed E-state index contributed by atoms with van der Waals surface area (Å²) < 4.78 is 0. The highest BCUT2D eigenvalue weighted by Gasteiger charge is 2.17. The van der Waals surface area contributed by atoms with Crippen molar-refractivity contribution in [3.8, 4) is 0 Å². The number of hydrogen-bond acceptors (Lipinski definition) is 4. The monoisotopic (exact) mass is 286 g/mol. The number of urea groups is 1. The molecule has 110 valence electrons. The fourth-order valence-corrected chi connectivity index (χ4v) is 2.40. The summed E-state index contributed by atoms with van der Waals surface area (Å²) in [6.45, 7) is 2.38. The Morgan fingerprint density at radius 1 is 1.29 bits per heavy atom. The summed E-state index contributed by atoms with van der Waals surface area (Å²) >= 11 is 0. The maximum absolute atomic E-state index is 12.0. The Morgan fingerprint density at radius 2 is 2.14 bits per heavy atom. The summed E-state index contributed by atoms with van der Waals surface area (Å²) in [5.74, 6) is 0.840. The van der Waals surface area contributed by atoms with Crippen molar-refractivity contribution in [1.29, 1.82) is 0 Å². The van der Waals surface area contributed by atoms with Gasteiger partial charge in [0.1, 0.15) is 0 Å². The molecule has 0 bridgehead atoms. The molecule has 2 aromatic rings. The van der Waals surface area contributed by atoms with Gasteiger partial charge in [0.05, 0.1) is 17.9 Å². The molecular weight excluding hydrogens is 268 g/mol. The number of carbonyl (C=O) groups is 1. The first-order chi connectivity index (χ1) is 10.3. The Bertz CT molecular complexity index is 591. The van der Waals surface area contributed by atoms with Gasteiger partial charge in [0.15, 0.2) is 5.82 Å². The Labute approximate surface area is 122 Å². The molecule has 1 saturated heterocycles. The molecule has 0 saturated carbocycles. The second kappa shape index (κ2) is 6.25.